The van der Waals surface area contributed by atoms with Crippen LogP contribution < -0.4 is 19.7 Å². The number of carbonyl (C=O) groups excluding carboxylic acids is 1. The topological polar surface area (TPSA) is 50.8 Å². The lowest BCUT2D eigenvalue weighted by molar-refractivity contribution is 0.253. The van der Waals surface area contributed by atoms with Gasteiger partial charge in [-0.3, -0.25) is 4.90 Å². The van der Waals surface area contributed by atoms with Crippen molar-refractivity contribution in [1.82, 2.24) is 0 Å². The SMILES string of the molecule is COc1ccc(NC(=O)N2c3cc(C)c(C)cc3C(C)=CC2(C)C)cc1OC. The van der Waals surface area contributed by atoms with Gasteiger partial charge in [-0.1, -0.05) is 6.08 Å². The molecular weight excluding hydrogens is 352 g/mol. The van der Waals surface area contributed by atoms with Crippen LogP contribution in [-0.2, 0) is 0 Å². The van der Waals surface area contributed by atoms with E-state index in [1.807, 2.05) is 18.7 Å². The molecule has 3 rings (SSSR count). The van der Waals surface area contributed by atoms with Crippen LogP contribution in [-0.4, -0.2) is 25.8 Å². The van der Waals surface area contributed by atoms with Gasteiger partial charge in [-0.05, 0) is 75.6 Å². The highest BCUT2D eigenvalue weighted by Gasteiger charge is 2.36. The van der Waals surface area contributed by atoms with Crippen LogP contribution in [0.15, 0.2) is 36.4 Å². The van der Waals surface area contributed by atoms with Crippen LogP contribution in [0, 0.1) is 13.8 Å². The van der Waals surface area contributed by atoms with E-state index in [9.17, 15) is 4.79 Å². The van der Waals surface area contributed by atoms with Gasteiger partial charge < -0.3 is 14.8 Å². The standard InChI is InChI=1S/C23H28N2O3/c1-14-10-18-16(3)13-23(4,5)25(19(18)11-15(14)2)22(26)24-17-8-9-20(27-6)21(12-17)28-7/h8-13H,1-7H3,(H,24,26). The summed E-state index contributed by atoms with van der Waals surface area (Å²) in [6.07, 6.45) is 2.14. The van der Waals surface area contributed by atoms with E-state index in [0.717, 1.165) is 16.8 Å². The number of fused-ring (bicyclic) bond motifs is 1. The summed E-state index contributed by atoms with van der Waals surface area (Å²) in [5.74, 6) is 1.19. The van der Waals surface area contributed by atoms with Gasteiger partial charge in [-0.2, -0.15) is 0 Å². The lowest BCUT2D eigenvalue weighted by Gasteiger charge is -2.41. The minimum Gasteiger partial charge on any atom is -0.493 e. The number of rotatable bonds is 3. The summed E-state index contributed by atoms with van der Waals surface area (Å²) >= 11 is 0. The number of ether oxygens (including phenoxy) is 2. The summed E-state index contributed by atoms with van der Waals surface area (Å²) < 4.78 is 10.6. The number of amides is 2. The smallest absolute Gasteiger partial charge is 0.327 e. The van der Waals surface area contributed by atoms with Crippen molar-refractivity contribution >= 4 is 23.0 Å². The van der Waals surface area contributed by atoms with Gasteiger partial charge >= 0.3 is 6.03 Å². The van der Waals surface area contributed by atoms with E-state index in [1.54, 1.807) is 32.4 Å². The maximum Gasteiger partial charge on any atom is 0.327 e. The molecular formula is C23H28N2O3. The Balaban J connectivity index is 2.00. The zero-order valence-corrected chi connectivity index (χ0v) is 17.6. The van der Waals surface area contributed by atoms with Crippen LogP contribution in [0.1, 0.15) is 37.5 Å². The number of hydrogen-bond donors (Lipinski definition) is 1. The second kappa shape index (κ2) is 7.23. The van der Waals surface area contributed by atoms with Crippen molar-refractivity contribution < 1.29 is 14.3 Å². The fraction of sp³-hybridized carbons (Fsp3) is 0.348. The molecule has 1 heterocycles. The third-order valence-electron chi connectivity index (χ3n) is 5.26. The van der Waals surface area contributed by atoms with Crippen molar-refractivity contribution in [1.29, 1.82) is 0 Å². The first-order chi connectivity index (χ1) is 13.2. The Morgan fingerprint density at radius 2 is 1.61 bits per heavy atom. The summed E-state index contributed by atoms with van der Waals surface area (Å²) in [6.45, 7) is 10.3. The normalized spacial score (nSPS) is 14.8. The Bertz CT molecular complexity index is 961. The summed E-state index contributed by atoms with van der Waals surface area (Å²) in [4.78, 5) is 15.1. The molecule has 0 aliphatic carbocycles. The molecule has 0 spiro atoms. The second-order valence-electron chi connectivity index (χ2n) is 7.77. The van der Waals surface area contributed by atoms with E-state index in [-0.39, 0.29) is 6.03 Å². The zero-order chi connectivity index (χ0) is 20.6. The highest BCUT2D eigenvalue weighted by atomic mass is 16.5. The van der Waals surface area contributed by atoms with Gasteiger partial charge in [-0.15, -0.1) is 0 Å². The van der Waals surface area contributed by atoms with Crippen LogP contribution in [0.25, 0.3) is 5.57 Å². The molecule has 0 unspecified atom stereocenters. The predicted octanol–water partition coefficient (Wildman–Crippen LogP) is 5.55. The Morgan fingerprint density at radius 3 is 2.25 bits per heavy atom. The largest absolute Gasteiger partial charge is 0.493 e. The minimum absolute atomic E-state index is 0.189. The van der Waals surface area contributed by atoms with Gasteiger partial charge in [0.15, 0.2) is 11.5 Å². The van der Waals surface area contributed by atoms with Crippen molar-refractivity contribution in [2.75, 3.05) is 24.4 Å². The van der Waals surface area contributed by atoms with Gasteiger partial charge in [0.25, 0.3) is 0 Å². The van der Waals surface area contributed by atoms with Crippen molar-refractivity contribution in [3.8, 4) is 11.5 Å². The number of anilines is 2. The highest BCUT2D eigenvalue weighted by Crippen LogP contribution is 2.41. The number of hydrogen-bond acceptors (Lipinski definition) is 3. The molecule has 0 aromatic heterocycles. The van der Waals surface area contributed by atoms with Crippen molar-refractivity contribution in [2.45, 2.75) is 40.2 Å². The van der Waals surface area contributed by atoms with E-state index in [0.29, 0.717) is 17.2 Å². The summed E-state index contributed by atoms with van der Waals surface area (Å²) in [6, 6.07) is 9.40. The molecule has 0 atom stereocenters. The van der Waals surface area contributed by atoms with Gasteiger partial charge in [0, 0.05) is 17.3 Å². The molecule has 0 saturated heterocycles. The maximum atomic E-state index is 13.3. The number of benzene rings is 2. The lowest BCUT2D eigenvalue weighted by atomic mass is 9.87. The lowest BCUT2D eigenvalue weighted by Crippen LogP contribution is -2.50. The van der Waals surface area contributed by atoms with Crippen molar-refractivity contribution in [3.63, 3.8) is 0 Å². The Kier molecular flexibility index (Phi) is 5.11. The third kappa shape index (κ3) is 3.44. The molecule has 2 aromatic carbocycles. The van der Waals surface area contributed by atoms with E-state index in [2.05, 4.69) is 44.3 Å². The maximum absolute atomic E-state index is 13.3. The second-order valence-corrected chi connectivity index (χ2v) is 7.77. The van der Waals surface area contributed by atoms with Crippen LogP contribution in [0.2, 0.25) is 0 Å². The van der Waals surface area contributed by atoms with Gasteiger partial charge in [0.2, 0.25) is 0 Å². The Labute approximate surface area is 167 Å². The first-order valence-corrected chi connectivity index (χ1v) is 9.32. The predicted molar refractivity (Wildman–Crippen MR) is 115 cm³/mol. The monoisotopic (exact) mass is 380 g/mol. The molecule has 1 aliphatic rings. The fourth-order valence-corrected chi connectivity index (χ4v) is 3.75. The highest BCUT2D eigenvalue weighted by molar-refractivity contribution is 6.06. The number of aryl methyl sites for hydroxylation is 2. The Morgan fingerprint density at radius 1 is 0.964 bits per heavy atom. The molecule has 0 saturated carbocycles. The molecule has 0 radical (unpaired) electrons. The van der Waals surface area contributed by atoms with E-state index in [1.165, 1.54) is 11.1 Å². The molecule has 0 fully saturated rings. The number of nitrogens with one attached hydrogen (secondary N) is 1. The number of allylic oxidation sites excluding steroid dienone is 1. The van der Waals surface area contributed by atoms with Crippen LogP contribution in [0.3, 0.4) is 0 Å². The van der Waals surface area contributed by atoms with Crippen molar-refractivity contribution in [3.05, 3.63) is 53.1 Å². The fourth-order valence-electron chi connectivity index (χ4n) is 3.75. The molecule has 5 heteroatoms. The van der Waals surface area contributed by atoms with Gasteiger partial charge in [0.1, 0.15) is 0 Å². The molecule has 1 N–H and O–H groups in total. The number of nitrogens with zero attached hydrogens (tertiary/aromatic N) is 1. The molecule has 0 bridgehead atoms. The van der Waals surface area contributed by atoms with E-state index < -0.39 is 5.54 Å². The third-order valence-corrected chi connectivity index (χ3v) is 5.26. The van der Waals surface area contributed by atoms with Crippen molar-refractivity contribution in [2.24, 2.45) is 0 Å². The summed E-state index contributed by atoms with van der Waals surface area (Å²) in [5, 5.41) is 3.01. The van der Waals surface area contributed by atoms with Crippen LogP contribution in [0.5, 0.6) is 11.5 Å². The van der Waals surface area contributed by atoms with Crippen LogP contribution in [0.4, 0.5) is 16.2 Å². The first-order valence-electron chi connectivity index (χ1n) is 9.32. The average molecular weight is 380 g/mol. The van der Waals surface area contributed by atoms with E-state index >= 15 is 0 Å². The molecule has 5 nitrogen and oxygen atoms in total. The molecule has 28 heavy (non-hydrogen) atoms. The number of carbonyl (C=O) groups is 1. The summed E-state index contributed by atoms with van der Waals surface area (Å²) in [7, 11) is 3.16. The number of urea groups is 1. The van der Waals surface area contributed by atoms with Gasteiger partial charge in [-0.25, -0.2) is 4.79 Å². The zero-order valence-electron chi connectivity index (χ0n) is 17.6. The molecule has 1 aliphatic heterocycles. The quantitative estimate of drug-likeness (QED) is 0.759. The summed E-state index contributed by atoms with van der Waals surface area (Å²) in [5.41, 5.74) is 5.75. The van der Waals surface area contributed by atoms with Gasteiger partial charge in [0.05, 0.1) is 25.4 Å². The molecule has 2 amide bonds. The van der Waals surface area contributed by atoms with Crippen LogP contribution >= 0.6 is 0 Å². The minimum atomic E-state index is -0.459. The molecule has 148 valence electrons. The first kappa shape index (κ1) is 19.8. The molecule has 2 aromatic rings. The van der Waals surface area contributed by atoms with E-state index in [4.69, 9.17) is 9.47 Å². The average Bonchev–Trinajstić information content (AvgIpc) is 2.62. The number of methoxy groups -OCH3 is 2. The Hall–Kier alpha value is -2.95.